The van der Waals surface area contributed by atoms with Crippen LogP contribution in [0.4, 0.5) is 0 Å². The SMILES string of the molecule is COc1ccc(C(=NCCNC(=O)CCC(=O)NCCNC(=O)C2O[C@@H](O[C@@H]3C(C(=O)NCCN)O[C@@H](OC)C(O)[C@H]3O)C(O)[C@@H](O)[C@@H]2OC)c2ccc(Oc3ccc(C)cc3)cc2)cc1. The number of carbonyl (C=O) groups excluding carboxylic acids is 4. The van der Waals surface area contributed by atoms with E-state index in [1.807, 2.05) is 79.7 Å². The maximum absolute atomic E-state index is 13.3. The second-order valence-electron chi connectivity index (χ2n) is 15.3. The van der Waals surface area contributed by atoms with Crippen LogP contribution in [0.2, 0.25) is 0 Å². The van der Waals surface area contributed by atoms with Gasteiger partial charge >= 0.3 is 0 Å². The van der Waals surface area contributed by atoms with Crippen LogP contribution >= 0.6 is 0 Å². The third kappa shape index (κ3) is 14.0. The van der Waals surface area contributed by atoms with E-state index in [1.165, 1.54) is 14.2 Å². The minimum atomic E-state index is -1.86. The van der Waals surface area contributed by atoms with Crippen molar-refractivity contribution < 1.29 is 72.8 Å². The Morgan fingerprint density at radius 1 is 0.606 bits per heavy atom. The van der Waals surface area contributed by atoms with Gasteiger partial charge in [0.1, 0.15) is 53.9 Å². The zero-order chi connectivity index (χ0) is 47.8. The molecule has 66 heavy (non-hydrogen) atoms. The highest BCUT2D eigenvalue weighted by atomic mass is 16.7. The molecule has 21 nitrogen and oxygen atoms in total. The molecule has 4 amide bonds. The molecule has 0 aliphatic carbocycles. The van der Waals surface area contributed by atoms with E-state index in [1.54, 1.807) is 7.11 Å². The number of aliphatic hydroxyl groups excluding tert-OH is 4. The number of ether oxygens (including phenoxy) is 7. The van der Waals surface area contributed by atoms with Crippen LogP contribution in [0, 0.1) is 6.92 Å². The van der Waals surface area contributed by atoms with Crippen LogP contribution in [0.5, 0.6) is 17.2 Å². The summed E-state index contributed by atoms with van der Waals surface area (Å²) in [6.45, 7) is 2.41. The van der Waals surface area contributed by atoms with Gasteiger partial charge in [0.25, 0.3) is 11.8 Å². The van der Waals surface area contributed by atoms with Crippen molar-refractivity contribution in [3.8, 4) is 17.2 Å². The maximum Gasteiger partial charge on any atom is 0.252 e. The minimum Gasteiger partial charge on any atom is -0.497 e. The highest BCUT2D eigenvalue weighted by Gasteiger charge is 2.54. The average Bonchev–Trinajstić information content (AvgIpc) is 3.32. The number of carbonyl (C=O) groups is 4. The number of nitrogens with two attached hydrogens (primary N) is 1. The summed E-state index contributed by atoms with van der Waals surface area (Å²) in [5, 5.41) is 53.6. The van der Waals surface area contributed by atoms with Crippen molar-refractivity contribution in [2.75, 3.05) is 60.6 Å². The van der Waals surface area contributed by atoms with Crippen molar-refractivity contribution >= 4 is 29.3 Å². The number of nitrogens with one attached hydrogen (secondary N) is 4. The number of aryl methyl sites for hydroxylation is 1. The second-order valence-corrected chi connectivity index (χ2v) is 15.3. The lowest BCUT2D eigenvalue weighted by atomic mass is 9.96. The molecular formula is C45H60N6O15. The fourth-order valence-electron chi connectivity index (χ4n) is 7.05. The Hall–Kier alpha value is -5.59. The largest absolute Gasteiger partial charge is 0.497 e. The zero-order valence-corrected chi connectivity index (χ0v) is 37.2. The van der Waals surface area contributed by atoms with Gasteiger partial charge in [0.2, 0.25) is 11.8 Å². The van der Waals surface area contributed by atoms with Gasteiger partial charge in [-0.05, 0) is 67.6 Å². The Bertz CT molecular complexity index is 2060. The van der Waals surface area contributed by atoms with Gasteiger partial charge in [-0.1, -0.05) is 17.7 Å². The summed E-state index contributed by atoms with van der Waals surface area (Å²) in [6.07, 6.45) is -16.9. The molecule has 2 aliphatic rings. The van der Waals surface area contributed by atoms with E-state index in [-0.39, 0.29) is 58.0 Å². The normalized spacial score (nSPS) is 25.3. The fraction of sp³-hybridized carbons (Fsp3) is 0.489. The summed E-state index contributed by atoms with van der Waals surface area (Å²) in [4.78, 5) is 56.2. The second kappa shape index (κ2) is 25.4. The van der Waals surface area contributed by atoms with Gasteiger partial charge in [0, 0.05) is 70.9 Å². The number of hydrogen-bond donors (Lipinski definition) is 9. The zero-order valence-electron chi connectivity index (χ0n) is 37.2. The quantitative estimate of drug-likeness (QED) is 0.0422. The molecule has 0 bridgehead atoms. The highest BCUT2D eigenvalue weighted by molar-refractivity contribution is 6.13. The molecule has 0 spiro atoms. The number of rotatable bonds is 22. The topological polar surface area (TPSA) is 300 Å². The Morgan fingerprint density at radius 2 is 1.09 bits per heavy atom. The molecule has 360 valence electrons. The van der Waals surface area contributed by atoms with E-state index in [4.69, 9.17) is 43.9 Å². The van der Waals surface area contributed by atoms with Gasteiger partial charge in [-0.2, -0.15) is 0 Å². The number of methoxy groups -OCH3 is 3. The molecule has 21 heteroatoms. The molecule has 3 aromatic rings. The van der Waals surface area contributed by atoms with Crippen molar-refractivity contribution in [3.05, 3.63) is 89.5 Å². The number of aliphatic imine (C=N–C) groups is 1. The van der Waals surface area contributed by atoms with Crippen LogP contribution in [0.25, 0.3) is 0 Å². The Balaban J connectivity index is 1.08. The molecule has 2 heterocycles. The van der Waals surface area contributed by atoms with E-state index in [0.717, 1.165) is 22.4 Å². The van der Waals surface area contributed by atoms with Crippen LogP contribution in [0.15, 0.2) is 77.8 Å². The molecule has 4 unspecified atom stereocenters. The van der Waals surface area contributed by atoms with Crippen molar-refractivity contribution in [2.45, 2.75) is 81.2 Å². The number of hydrogen-bond acceptors (Lipinski definition) is 17. The Morgan fingerprint density at radius 3 is 1.65 bits per heavy atom. The van der Waals surface area contributed by atoms with E-state index >= 15 is 0 Å². The monoisotopic (exact) mass is 924 g/mol. The Labute approximate surface area is 381 Å². The lowest BCUT2D eigenvalue weighted by Crippen LogP contribution is -2.67. The van der Waals surface area contributed by atoms with Crippen LogP contribution in [0.1, 0.15) is 29.5 Å². The first-order valence-corrected chi connectivity index (χ1v) is 21.3. The van der Waals surface area contributed by atoms with Gasteiger partial charge < -0.3 is 80.6 Å². The molecule has 2 aliphatic heterocycles. The van der Waals surface area contributed by atoms with E-state index in [9.17, 15) is 39.6 Å². The molecule has 3 aromatic carbocycles. The summed E-state index contributed by atoms with van der Waals surface area (Å²) in [5.41, 5.74) is 8.99. The number of benzene rings is 3. The summed E-state index contributed by atoms with van der Waals surface area (Å²) in [6, 6.07) is 22.8. The summed E-state index contributed by atoms with van der Waals surface area (Å²) in [7, 11) is 3.95. The molecule has 10 N–H and O–H groups in total. The summed E-state index contributed by atoms with van der Waals surface area (Å²) >= 11 is 0. The number of amides is 4. The van der Waals surface area contributed by atoms with Crippen molar-refractivity contribution in [3.63, 3.8) is 0 Å². The summed E-state index contributed by atoms with van der Waals surface area (Å²) < 4.78 is 38.5. The van der Waals surface area contributed by atoms with Gasteiger partial charge in [-0.25, -0.2) is 0 Å². The average molecular weight is 925 g/mol. The lowest BCUT2D eigenvalue weighted by molar-refractivity contribution is -0.346. The highest BCUT2D eigenvalue weighted by Crippen LogP contribution is 2.31. The summed E-state index contributed by atoms with van der Waals surface area (Å²) in [5.74, 6) is -0.362. The Kier molecular flexibility index (Phi) is 19.7. The van der Waals surface area contributed by atoms with Crippen molar-refractivity contribution in [1.29, 1.82) is 0 Å². The molecule has 2 saturated heterocycles. The minimum absolute atomic E-state index is 0.0328. The predicted octanol–water partition coefficient (Wildman–Crippen LogP) is -1.22. The molecule has 0 saturated carbocycles. The van der Waals surface area contributed by atoms with E-state index < -0.39 is 79.1 Å². The molecule has 10 atom stereocenters. The maximum atomic E-state index is 13.3. The number of nitrogens with zero attached hydrogens (tertiary/aromatic N) is 1. The van der Waals surface area contributed by atoms with E-state index in [2.05, 4.69) is 21.3 Å². The fourth-order valence-corrected chi connectivity index (χ4v) is 7.05. The first-order chi connectivity index (χ1) is 31.8. The smallest absolute Gasteiger partial charge is 0.252 e. The third-order valence-electron chi connectivity index (χ3n) is 10.6. The van der Waals surface area contributed by atoms with Gasteiger partial charge in [-0.3, -0.25) is 24.2 Å². The molecule has 0 radical (unpaired) electrons. The number of aliphatic hydroxyl groups is 4. The third-order valence-corrected chi connectivity index (χ3v) is 10.6. The van der Waals surface area contributed by atoms with Crippen molar-refractivity contribution in [1.82, 2.24) is 21.3 Å². The molecular weight excluding hydrogens is 865 g/mol. The molecule has 5 rings (SSSR count). The lowest BCUT2D eigenvalue weighted by Gasteiger charge is -2.46. The first kappa shape index (κ1) is 51.4. The molecule has 0 aromatic heterocycles. The van der Waals surface area contributed by atoms with Crippen LogP contribution in [-0.2, 0) is 42.9 Å². The van der Waals surface area contributed by atoms with E-state index in [0.29, 0.717) is 17.2 Å². The van der Waals surface area contributed by atoms with Gasteiger partial charge in [0.15, 0.2) is 24.8 Å². The van der Waals surface area contributed by atoms with Crippen molar-refractivity contribution in [2.24, 2.45) is 10.7 Å². The van der Waals surface area contributed by atoms with Crippen LogP contribution in [-0.4, -0.2) is 172 Å². The van der Waals surface area contributed by atoms with Gasteiger partial charge in [-0.15, -0.1) is 0 Å². The first-order valence-electron chi connectivity index (χ1n) is 21.3. The molecule has 2 fully saturated rings. The van der Waals surface area contributed by atoms with Crippen LogP contribution < -0.4 is 36.5 Å². The standard InChI is InChI=1S/C45H60N6O15/c1-25-5-11-29(12-6-25)63-30-15-9-27(10-16-30)33(26-7-13-28(60-2)14-8-26)49-23-21-47-31(52)17-18-32(53)48-22-24-51-42(58)40-38(61-3)34(54)37(57)45(66-40)64-39-35(55)36(56)44(62-4)65-41(39)43(59)50-20-19-46/h5-16,34-41,44-45,54-57H,17-24,46H2,1-4H3,(H,47,52)(H,48,53)(H,50,59)(H,51,58)/t34-,35-,36?,37?,38+,39+,40?,41?,44-,45-/m1/s1. The van der Waals surface area contributed by atoms with Crippen LogP contribution in [0.3, 0.4) is 0 Å². The predicted molar refractivity (Wildman–Crippen MR) is 236 cm³/mol. The van der Waals surface area contributed by atoms with Gasteiger partial charge in [0.05, 0.1) is 19.4 Å².